The van der Waals surface area contributed by atoms with Crippen LogP contribution in [0.1, 0.15) is 46.5 Å². The molecule has 1 heterocycles. The number of ether oxygens (including phenoxy) is 2. The molecule has 1 aliphatic carbocycles. The van der Waals surface area contributed by atoms with Crippen LogP contribution in [0.25, 0.3) is 0 Å². The number of rotatable bonds is 7. The Labute approximate surface area is 160 Å². The number of aliphatic hydroxyl groups excluding tert-OH is 6. The molecule has 0 aromatic carbocycles. The van der Waals surface area contributed by atoms with Gasteiger partial charge < -0.3 is 40.1 Å². The monoisotopic (exact) mass is 392 g/mol. The molecule has 9 atom stereocenters. The molecule has 2 aliphatic rings. The third-order valence-corrected chi connectivity index (χ3v) is 6.27. The Morgan fingerprint density at radius 1 is 1.07 bits per heavy atom. The average Bonchev–Trinajstić information content (AvgIpc) is 2.59. The van der Waals surface area contributed by atoms with E-state index < -0.39 is 43.4 Å². The second-order valence-electron chi connectivity index (χ2n) is 8.88. The van der Waals surface area contributed by atoms with E-state index in [2.05, 4.69) is 20.8 Å². The SMILES string of the molecule is C[C@@H]1C[C@H](O)CC(C)(C)[C@H]1CC[C@H](CO)O[C@H]1O[C@H](CO)[C@@H](O)[C@H](O)[C@H]1O. The van der Waals surface area contributed by atoms with Gasteiger partial charge in [-0.05, 0) is 42.9 Å². The number of hydrogen-bond donors (Lipinski definition) is 6. The summed E-state index contributed by atoms with van der Waals surface area (Å²) in [7, 11) is 0. The van der Waals surface area contributed by atoms with Gasteiger partial charge >= 0.3 is 0 Å². The van der Waals surface area contributed by atoms with Crippen molar-refractivity contribution in [3.05, 3.63) is 0 Å². The van der Waals surface area contributed by atoms with Gasteiger partial charge in [-0.2, -0.15) is 0 Å². The fraction of sp³-hybridized carbons (Fsp3) is 1.00. The highest BCUT2D eigenvalue weighted by Gasteiger charge is 2.45. The van der Waals surface area contributed by atoms with Crippen LogP contribution < -0.4 is 0 Å². The standard InChI is InChI=1S/C19H36O8/c1-10-6-11(22)7-19(2,3)13(10)5-4-12(8-20)26-18-17(25)16(24)15(23)14(9-21)27-18/h10-18,20-25H,4-9H2,1-3H3/t10-,11+,12-,13+,14-,15-,16+,17-,18+/m1/s1. The van der Waals surface area contributed by atoms with Crippen molar-refractivity contribution < 1.29 is 40.1 Å². The van der Waals surface area contributed by atoms with E-state index in [9.17, 15) is 30.6 Å². The molecule has 0 aromatic rings. The lowest BCUT2D eigenvalue weighted by Gasteiger charge is -2.46. The summed E-state index contributed by atoms with van der Waals surface area (Å²) in [6, 6.07) is 0. The zero-order chi connectivity index (χ0) is 20.4. The quantitative estimate of drug-likeness (QED) is 0.337. The first-order chi connectivity index (χ1) is 12.6. The van der Waals surface area contributed by atoms with Crippen LogP contribution in [0.2, 0.25) is 0 Å². The molecule has 8 nitrogen and oxygen atoms in total. The number of hydrogen-bond acceptors (Lipinski definition) is 8. The van der Waals surface area contributed by atoms with Crippen molar-refractivity contribution in [2.75, 3.05) is 13.2 Å². The molecule has 0 aromatic heterocycles. The molecule has 2 fully saturated rings. The predicted molar refractivity (Wildman–Crippen MR) is 96.6 cm³/mol. The molecule has 0 unspecified atom stereocenters. The third kappa shape index (κ3) is 5.39. The third-order valence-electron chi connectivity index (χ3n) is 6.27. The van der Waals surface area contributed by atoms with Crippen molar-refractivity contribution in [2.45, 2.75) is 89.4 Å². The van der Waals surface area contributed by atoms with Crippen molar-refractivity contribution in [3.63, 3.8) is 0 Å². The van der Waals surface area contributed by atoms with Crippen molar-refractivity contribution in [2.24, 2.45) is 17.3 Å². The predicted octanol–water partition coefficient (Wildman–Crippen LogP) is -0.623. The van der Waals surface area contributed by atoms with Crippen LogP contribution in [0.3, 0.4) is 0 Å². The molecule has 0 spiro atoms. The van der Waals surface area contributed by atoms with E-state index in [1.807, 2.05) is 0 Å². The van der Waals surface area contributed by atoms with Crippen LogP contribution in [-0.2, 0) is 9.47 Å². The van der Waals surface area contributed by atoms with Gasteiger partial charge in [-0.25, -0.2) is 0 Å². The van der Waals surface area contributed by atoms with Gasteiger partial charge in [0.1, 0.15) is 24.4 Å². The van der Waals surface area contributed by atoms with Crippen LogP contribution in [0, 0.1) is 17.3 Å². The molecule has 0 amide bonds. The highest BCUT2D eigenvalue weighted by Crippen LogP contribution is 2.46. The Bertz CT molecular complexity index is 457. The molecule has 160 valence electrons. The Morgan fingerprint density at radius 2 is 1.74 bits per heavy atom. The maximum atomic E-state index is 10.1. The summed E-state index contributed by atoms with van der Waals surface area (Å²) in [4.78, 5) is 0. The summed E-state index contributed by atoms with van der Waals surface area (Å²) in [5.74, 6) is 0.698. The second kappa shape index (κ2) is 9.45. The van der Waals surface area contributed by atoms with Crippen LogP contribution in [0.5, 0.6) is 0 Å². The van der Waals surface area contributed by atoms with Gasteiger partial charge in [0.2, 0.25) is 0 Å². The van der Waals surface area contributed by atoms with Crippen molar-refractivity contribution in [3.8, 4) is 0 Å². The van der Waals surface area contributed by atoms with Crippen molar-refractivity contribution in [1.82, 2.24) is 0 Å². The molecular formula is C19H36O8. The van der Waals surface area contributed by atoms with Crippen LogP contribution in [0.15, 0.2) is 0 Å². The summed E-state index contributed by atoms with van der Waals surface area (Å²) in [5.41, 5.74) is -0.0276. The summed E-state index contributed by atoms with van der Waals surface area (Å²) in [6.45, 7) is 5.61. The smallest absolute Gasteiger partial charge is 0.187 e. The summed E-state index contributed by atoms with van der Waals surface area (Å²) >= 11 is 0. The Morgan fingerprint density at radius 3 is 2.30 bits per heavy atom. The zero-order valence-corrected chi connectivity index (χ0v) is 16.4. The van der Waals surface area contributed by atoms with Crippen LogP contribution >= 0.6 is 0 Å². The van der Waals surface area contributed by atoms with Gasteiger partial charge in [-0.3, -0.25) is 0 Å². The molecule has 1 saturated carbocycles. The van der Waals surface area contributed by atoms with Gasteiger partial charge in [0.15, 0.2) is 6.29 Å². The van der Waals surface area contributed by atoms with E-state index in [0.29, 0.717) is 18.3 Å². The first-order valence-corrected chi connectivity index (χ1v) is 9.85. The highest BCUT2D eigenvalue weighted by atomic mass is 16.7. The van der Waals surface area contributed by atoms with E-state index in [1.54, 1.807) is 0 Å². The lowest BCUT2D eigenvalue weighted by molar-refractivity contribution is -0.313. The second-order valence-corrected chi connectivity index (χ2v) is 8.88. The average molecular weight is 392 g/mol. The molecule has 0 radical (unpaired) electrons. The van der Waals surface area contributed by atoms with E-state index in [4.69, 9.17) is 9.47 Å². The lowest BCUT2D eigenvalue weighted by atomic mass is 9.61. The molecule has 1 aliphatic heterocycles. The first kappa shape index (κ1) is 23.0. The molecule has 27 heavy (non-hydrogen) atoms. The van der Waals surface area contributed by atoms with Crippen LogP contribution in [0.4, 0.5) is 0 Å². The summed E-state index contributed by atoms with van der Waals surface area (Å²) in [5, 5.41) is 58.7. The van der Waals surface area contributed by atoms with Gasteiger partial charge in [-0.1, -0.05) is 20.8 Å². The van der Waals surface area contributed by atoms with Gasteiger partial charge in [-0.15, -0.1) is 0 Å². The van der Waals surface area contributed by atoms with Crippen molar-refractivity contribution >= 4 is 0 Å². The molecular weight excluding hydrogens is 356 g/mol. The molecule has 0 bridgehead atoms. The normalized spacial score (nSPS) is 43.4. The van der Waals surface area contributed by atoms with E-state index in [0.717, 1.165) is 19.3 Å². The lowest BCUT2D eigenvalue weighted by Crippen LogP contribution is -2.59. The molecule has 6 N–H and O–H groups in total. The maximum absolute atomic E-state index is 10.1. The minimum absolute atomic E-state index is 0.0276. The summed E-state index contributed by atoms with van der Waals surface area (Å²) in [6.07, 6.45) is -4.78. The number of aliphatic hydroxyl groups is 6. The Hall–Kier alpha value is -0.320. The Kier molecular flexibility index (Phi) is 8.04. The largest absolute Gasteiger partial charge is 0.394 e. The topological polar surface area (TPSA) is 140 Å². The fourth-order valence-corrected chi connectivity index (χ4v) is 4.82. The van der Waals surface area contributed by atoms with Gasteiger partial charge in [0, 0.05) is 0 Å². The van der Waals surface area contributed by atoms with Gasteiger partial charge in [0.05, 0.1) is 25.4 Å². The minimum Gasteiger partial charge on any atom is -0.394 e. The first-order valence-electron chi connectivity index (χ1n) is 9.85. The van der Waals surface area contributed by atoms with Crippen LogP contribution in [-0.4, -0.2) is 86.8 Å². The highest BCUT2D eigenvalue weighted by molar-refractivity contribution is 4.91. The van der Waals surface area contributed by atoms with E-state index >= 15 is 0 Å². The summed E-state index contributed by atoms with van der Waals surface area (Å²) < 4.78 is 11.0. The fourth-order valence-electron chi connectivity index (χ4n) is 4.82. The Balaban J connectivity index is 1.95. The molecule has 2 rings (SSSR count). The minimum atomic E-state index is -1.50. The van der Waals surface area contributed by atoms with E-state index in [-0.39, 0.29) is 18.1 Å². The van der Waals surface area contributed by atoms with Crippen molar-refractivity contribution in [1.29, 1.82) is 0 Å². The maximum Gasteiger partial charge on any atom is 0.187 e. The molecule has 8 heteroatoms. The molecule has 1 saturated heterocycles. The van der Waals surface area contributed by atoms with E-state index in [1.165, 1.54) is 0 Å². The van der Waals surface area contributed by atoms with Gasteiger partial charge in [0.25, 0.3) is 0 Å². The zero-order valence-electron chi connectivity index (χ0n) is 16.4.